The molecular formula is C18H22N4O5. The van der Waals surface area contributed by atoms with Crippen molar-refractivity contribution in [1.82, 2.24) is 20.0 Å². The number of carboxylic acid groups (broad SMARTS) is 1. The van der Waals surface area contributed by atoms with E-state index in [2.05, 4.69) is 10.4 Å². The van der Waals surface area contributed by atoms with Gasteiger partial charge < -0.3 is 19.7 Å². The van der Waals surface area contributed by atoms with Gasteiger partial charge in [-0.15, -0.1) is 0 Å². The first-order valence-electron chi connectivity index (χ1n) is 8.62. The van der Waals surface area contributed by atoms with Crippen LogP contribution in [-0.4, -0.2) is 44.6 Å². The number of carbonyl (C=O) groups is 3. The molecule has 0 aromatic carbocycles. The third-order valence-electron chi connectivity index (χ3n) is 4.90. The van der Waals surface area contributed by atoms with Crippen molar-refractivity contribution in [3.63, 3.8) is 0 Å². The van der Waals surface area contributed by atoms with E-state index in [1.54, 1.807) is 43.0 Å². The minimum atomic E-state index is -1.07. The summed E-state index contributed by atoms with van der Waals surface area (Å²) < 4.78 is 7.03. The normalized spacial score (nSPS) is 20.0. The third kappa shape index (κ3) is 3.71. The van der Waals surface area contributed by atoms with Crippen molar-refractivity contribution in [2.75, 3.05) is 7.05 Å². The number of furan rings is 1. The van der Waals surface area contributed by atoms with Crippen LogP contribution >= 0.6 is 0 Å². The van der Waals surface area contributed by atoms with E-state index in [4.69, 9.17) is 9.52 Å². The second kappa shape index (κ2) is 7.26. The van der Waals surface area contributed by atoms with Crippen LogP contribution in [0.1, 0.15) is 46.3 Å². The van der Waals surface area contributed by atoms with Crippen LogP contribution in [0.2, 0.25) is 0 Å². The Morgan fingerprint density at radius 2 is 2.15 bits per heavy atom. The Morgan fingerprint density at radius 1 is 1.41 bits per heavy atom. The van der Waals surface area contributed by atoms with E-state index in [-0.39, 0.29) is 23.9 Å². The molecule has 2 aromatic heterocycles. The average Bonchev–Trinajstić information content (AvgIpc) is 3.20. The van der Waals surface area contributed by atoms with Crippen molar-refractivity contribution >= 4 is 17.8 Å². The number of nitrogens with zero attached hydrogens (tertiary/aromatic N) is 3. The second-order valence-electron chi connectivity index (χ2n) is 6.75. The lowest BCUT2D eigenvalue weighted by atomic mass is 9.85. The number of nitrogens with one attached hydrogen (secondary N) is 1. The van der Waals surface area contributed by atoms with Gasteiger partial charge in [0, 0.05) is 32.3 Å². The zero-order valence-corrected chi connectivity index (χ0v) is 15.4. The summed E-state index contributed by atoms with van der Waals surface area (Å²) in [6.45, 7) is 1.65. The van der Waals surface area contributed by atoms with Crippen LogP contribution in [0.25, 0.3) is 0 Å². The lowest BCUT2D eigenvalue weighted by molar-refractivity contribution is -0.141. The third-order valence-corrected chi connectivity index (χ3v) is 4.90. The number of aromatic carboxylic acids is 1. The molecular weight excluding hydrogens is 352 g/mol. The smallest absolute Gasteiger partial charge is 0.339 e. The molecule has 1 saturated heterocycles. The standard InChI is InChI=1S/C18H22N4O5/c1-10-14(18(25)26)6-12(27-10)8-19-17(24)13-4-5-15(23)22(3)16(13)11-7-20-21(2)9-11/h6-7,9,13,16H,4-5,8H2,1-3H3,(H,19,24)(H,25,26)/t13-,16+/m0/s1. The van der Waals surface area contributed by atoms with Gasteiger partial charge in [0.15, 0.2) is 0 Å². The number of hydrogen-bond donors (Lipinski definition) is 2. The van der Waals surface area contributed by atoms with Crippen LogP contribution in [0.3, 0.4) is 0 Å². The van der Waals surface area contributed by atoms with E-state index in [1.165, 1.54) is 6.07 Å². The highest BCUT2D eigenvalue weighted by molar-refractivity contribution is 5.89. The van der Waals surface area contributed by atoms with Crippen molar-refractivity contribution in [3.05, 3.63) is 41.1 Å². The molecule has 0 spiro atoms. The molecule has 1 aliphatic rings. The van der Waals surface area contributed by atoms with Crippen LogP contribution in [0.4, 0.5) is 0 Å². The highest BCUT2D eigenvalue weighted by atomic mass is 16.4. The van der Waals surface area contributed by atoms with Gasteiger partial charge in [-0.05, 0) is 19.4 Å². The maximum atomic E-state index is 12.8. The van der Waals surface area contributed by atoms with Crippen molar-refractivity contribution in [2.45, 2.75) is 32.4 Å². The van der Waals surface area contributed by atoms with E-state index in [0.717, 1.165) is 5.56 Å². The predicted molar refractivity (Wildman–Crippen MR) is 93.7 cm³/mol. The molecule has 0 unspecified atom stereocenters. The summed E-state index contributed by atoms with van der Waals surface area (Å²) in [4.78, 5) is 37.6. The van der Waals surface area contributed by atoms with Crippen LogP contribution < -0.4 is 5.32 Å². The van der Waals surface area contributed by atoms with Gasteiger partial charge in [0.2, 0.25) is 11.8 Å². The number of carboxylic acids is 1. The SMILES string of the molecule is Cc1oc(CNC(=O)[C@H]2CCC(=O)N(C)[C@@H]2c2cnn(C)c2)cc1C(=O)O. The van der Waals surface area contributed by atoms with Gasteiger partial charge in [-0.1, -0.05) is 0 Å². The molecule has 2 amide bonds. The monoisotopic (exact) mass is 374 g/mol. The minimum absolute atomic E-state index is 0.0133. The number of rotatable bonds is 5. The summed E-state index contributed by atoms with van der Waals surface area (Å²) in [7, 11) is 3.47. The van der Waals surface area contributed by atoms with Crippen molar-refractivity contribution in [3.8, 4) is 0 Å². The average molecular weight is 374 g/mol. The molecule has 2 aromatic rings. The number of hydrogen-bond acceptors (Lipinski definition) is 5. The van der Waals surface area contributed by atoms with Gasteiger partial charge in [0.05, 0.1) is 24.7 Å². The van der Waals surface area contributed by atoms with E-state index >= 15 is 0 Å². The molecule has 0 bridgehead atoms. The molecule has 1 aliphatic heterocycles. The Balaban J connectivity index is 1.74. The predicted octanol–water partition coefficient (Wildman–Crippen LogP) is 1.25. The summed E-state index contributed by atoms with van der Waals surface area (Å²) in [6.07, 6.45) is 4.20. The number of aromatic nitrogens is 2. The largest absolute Gasteiger partial charge is 0.478 e. The first-order chi connectivity index (χ1) is 12.8. The maximum absolute atomic E-state index is 12.8. The highest BCUT2D eigenvalue weighted by Gasteiger charge is 2.39. The summed E-state index contributed by atoms with van der Waals surface area (Å²) in [6, 6.07) is 1.01. The van der Waals surface area contributed by atoms with E-state index < -0.39 is 17.9 Å². The van der Waals surface area contributed by atoms with Crippen LogP contribution in [0.15, 0.2) is 22.9 Å². The van der Waals surface area contributed by atoms with E-state index in [1.807, 2.05) is 0 Å². The number of likely N-dealkylation sites (tertiary alicyclic amines) is 1. The van der Waals surface area contributed by atoms with Gasteiger partial charge in [-0.2, -0.15) is 5.10 Å². The summed E-state index contributed by atoms with van der Waals surface area (Å²) >= 11 is 0. The van der Waals surface area contributed by atoms with Crippen molar-refractivity contribution in [1.29, 1.82) is 0 Å². The molecule has 1 fully saturated rings. The van der Waals surface area contributed by atoms with Gasteiger partial charge in [-0.25, -0.2) is 4.79 Å². The molecule has 3 heterocycles. The van der Waals surface area contributed by atoms with Crippen LogP contribution in [0.5, 0.6) is 0 Å². The number of piperidine rings is 1. The van der Waals surface area contributed by atoms with Crippen LogP contribution in [-0.2, 0) is 23.2 Å². The number of carbonyl (C=O) groups excluding carboxylic acids is 2. The van der Waals surface area contributed by atoms with Gasteiger partial charge in [-0.3, -0.25) is 14.3 Å². The Kier molecular flexibility index (Phi) is 5.02. The first kappa shape index (κ1) is 18.7. The quantitative estimate of drug-likeness (QED) is 0.813. The highest BCUT2D eigenvalue weighted by Crippen LogP contribution is 2.35. The Bertz CT molecular complexity index is 884. The lowest BCUT2D eigenvalue weighted by Crippen LogP contribution is -2.46. The molecule has 144 valence electrons. The summed E-state index contributed by atoms with van der Waals surface area (Å²) in [5, 5.41) is 16.0. The van der Waals surface area contributed by atoms with Crippen molar-refractivity contribution in [2.24, 2.45) is 13.0 Å². The number of amides is 2. The Morgan fingerprint density at radius 3 is 2.74 bits per heavy atom. The Labute approximate surface area is 155 Å². The molecule has 9 heteroatoms. The fourth-order valence-corrected chi connectivity index (χ4v) is 3.51. The lowest BCUT2D eigenvalue weighted by Gasteiger charge is -2.37. The molecule has 0 aliphatic carbocycles. The first-order valence-corrected chi connectivity index (χ1v) is 8.62. The maximum Gasteiger partial charge on any atom is 0.339 e. The van der Waals surface area contributed by atoms with E-state index in [0.29, 0.717) is 24.4 Å². The minimum Gasteiger partial charge on any atom is -0.478 e. The van der Waals surface area contributed by atoms with Gasteiger partial charge >= 0.3 is 5.97 Å². The fraction of sp³-hybridized carbons (Fsp3) is 0.444. The van der Waals surface area contributed by atoms with Crippen molar-refractivity contribution < 1.29 is 23.9 Å². The molecule has 9 nitrogen and oxygen atoms in total. The van der Waals surface area contributed by atoms with E-state index in [9.17, 15) is 14.4 Å². The molecule has 27 heavy (non-hydrogen) atoms. The molecule has 0 radical (unpaired) electrons. The topological polar surface area (TPSA) is 118 Å². The summed E-state index contributed by atoms with van der Waals surface area (Å²) in [5.41, 5.74) is 0.880. The summed E-state index contributed by atoms with van der Waals surface area (Å²) in [5.74, 6) is -1.06. The molecule has 2 N–H and O–H groups in total. The molecule has 2 atom stereocenters. The van der Waals surface area contributed by atoms with Gasteiger partial charge in [0.25, 0.3) is 0 Å². The zero-order chi connectivity index (χ0) is 19.7. The fourth-order valence-electron chi connectivity index (χ4n) is 3.51. The number of aryl methyl sites for hydroxylation is 2. The molecule has 0 saturated carbocycles. The van der Waals surface area contributed by atoms with Crippen LogP contribution in [0, 0.1) is 12.8 Å². The van der Waals surface area contributed by atoms with Gasteiger partial charge in [0.1, 0.15) is 17.1 Å². The molecule has 3 rings (SSSR count). The zero-order valence-electron chi connectivity index (χ0n) is 15.4. The second-order valence-corrected chi connectivity index (χ2v) is 6.75. The Hall–Kier alpha value is -3.10.